The van der Waals surface area contributed by atoms with E-state index >= 15 is 0 Å². The first-order valence-corrected chi connectivity index (χ1v) is 15.5. The molecule has 0 unspecified atom stereocenters. The second kappa shape index (κ2) is 13.3. The van der Waals surface area contributed by atoms with E-state index in [1.54, 1.807) is 61.5 Å². The van der Waals surface area contributed by atoms with Crippen molar-refractivity contribution >= 4 is 27.5 Å². The molecule has 1 aliphatic carbocycles. The van der Waals surface area contributed by atoms with Gasteiger partial charge >= 0.3 is 0 Å². The average Bonchev–Trinajstić information content (AvgIpc) is 2.96. The molecule has 2 amide bonds. The zero-order chi connectivity index (χ0) is 29.6. The lowest BCUT2D eigenvalue weighted by Crippen LogP contribution is -2.53. The zero-order valence-electron chi connectivity index (χ0n) is 23.8. The first kappa shape index (κ1) is 30.2. The van der Waals surface area contributed by atoms with Crippen molar-refractivity contribution in [1.29, 1.82) is 0 Å². The Morgan fingerprint density at radius 3 is 2.10 bits per heavy atom. The minimum absolute atomic E-state index is 0.0232. The van der Waals surface area contributed by atoms with Gasteiger partial charge in [0.05, 0.1) is 10.6 Å². The molecule has 1 saturated carbocycles. The van der Waals surface area contributed by atoms with Gasteiger partial charge in [0.1, 0.15) is 18.4 Å². The van der Waals surface area contributed by atoms with E-state index in [0.29, 0.717) is 5.69 Å². The number of nitrogens with zero attached hydrogens (tertiary/aromatic N) is 2. The molecule has 1 atom stereocenters. The molecular weight excluding hydrogens is 541 g/mol. The van der Waals surface area contributed by atoms with Crippen LogP contribution in [0.3, 0.4) is 0 Å². The highest BCUT2D eigenvalue weighted by molar-refractivity contribution is 7.92. The second-order valence-corrected chi connectivity index (χ2v) is 12.7. The molecule has 4 rings (SSSR count). The third-order valence-electron chi connectivity index (χ3n) is 7.63. The molecule has 1 aliphatic rings. The normalized spacial score (nSPS) is 14.7. The Morgan fingerprint density at radius 1 is 0.902 bits per heavy atom. The molecular formula is C32H38FN3O4S. The number of halogens is 1. The maximum atomic E-state index is 14.7. The van der Waals surface area contributed by atoms with Crippen LogP contribution in [0.25, 0.3) is 0 Å². The van der Waals surface area contributed by atoms with E-state index < -0.39 is 34.3 Å². The summed E-state index contributed by atoms with van der Waals surface area (Å²) < 4.78 is 43.5. The van der Waals surface area contributed by atoms with E-state index in [1.165, 1.54) is 23.1 Å². The first-order valence-electron chi connectivity index (χ1n) is 14.1. The Hall–Kier alpha value is -3.72. The minimum atomic E-state index is -4.15. The molecule has 0 bridgehead atoms. The van der Waals surface area contributed by atoms with Crippen LogP contribution in [0.1, 0.15) is 55.7 Å². The van der Waals surface area contributed by atoms with Crippen molar-refractivity contribution in [2.24, 2.45) is 0 Å². The Balaban J connectivity index is 1.68. The number of sulfonamides is 1. The number of aryl methyl sites for hydroxylation is 2. The number of amides is 2. The highest BCUT2D eigenvalue weighted by Crippen LogP contribution is 2.26. The van der Waals surface area contributed by atoms with Crippen LogP contribution in [-0.4, -0.2) is 43.8 Å². The molecule has 0 heterocycles. The molecule has 1 N–H and O–H groups in total. The Labute approximate surface area is 242 Å². The van der Waals surface area contributed by atoms with Crippen molar-refractivity contribution in [1.82, 2.24) is 10.2 Å². The largest absolute Gasteiger partial charge is 0.352 e. The summed E-state index contributed by atoms with van der Waals surface area (Å²) in [6.45, 7) is 4.60. The van der Waals surface area contributed by atoms with Crippen LogP contribution in [0.2, 0.25) is 0 Å². The number of nitrogens with one attached hydrogen (secondary N) is 1. The molecule has 9 heteroatoms. The maximum Gasteiger partial charge on any atom is 0.264 e. The zero-order valence-corrected chi connectivity index (χ0v) is 24.7. The van der Waals surface area contributed by atoms with Gasteiger partial charge in [-0.05, 0) is 63.9 Å². The average molecular weight is 580 g/mol. The predicted octanol–water partition coefficient (Wildman–Crippen LogP) is 5.50. The van der Waals surface area contributed by atoms with E-state index in [4.69, 9.17) is 0 Å². The molecule has 41 heavy (non-hydrogen) atoms. The van der Waals surface area contributed by atoms with Gasteiger partial charge < -0.3 is 10.2 Å². The molecule has 3 aromatic rings. The van der Waals surface area contributed by atoms with Gasteiger partial charge in [-0.2, -0.15) is 0 Å². The number of anilines is 1. The van der Waals surface area contributed by atoms with Crippen LogP contribution in [0.5, 0.6) is 0 Å². The lowest BCUT2D eigenvalue weighted by Gasteiger charge is -2.33. The van der Waals surface area contributed by atoms with Crippen LogP contribution >= 0.6 is 0 Å². The molecule has 1 fully saturated rings. The Morgan fingerprint density at radius 2 is 1.49 bits per heavy atom. The van der Waals surface area contributed by atoms with Crippen LogP contribution in [0, 0.1) is 19.7 Å². The number of hydrogen-bond donors (Lipinski definition) is 1. The van der Waals surface area contributed by atoms with Gasteiger partial charge in [0.2, 0.25) is 11.8 Å². The smallest absolute Gasteiger partial charge is 0.264 e. The van der Waals surface area contributed by atoms with Crippen molar-refractivity contribution in [2.75, 3.05) is 10.8 Å². The molecule has 7 nitrogen and oxygen atoms in total. The van der Waals surface area contributed by atoms with Crippen molar-refractivity contribution in [3.05, 3.63) is 95.3 Å². The van der Waals surface area contributed by atoms with E-state index in [2.05, 4.69) is 5.32 Å². The maximum absolute atomic E-state index is 14.7. The topological polar surface area (TPSA) is 86.8 Å². The summed E-state index contributed by atoms with van der Waals surface area (Å²) in [4.78, 5) is 28.7. The Kier molecular flexibility index (Phi) is 9.81. The fourth-order valence-electron chi connectivity index (χ4n) is 5.04. The molecule has 218 valence electrons. The van der Waals surface area contributed by atoms with Gasteiger partial charge in [0.25, 0.3) is 10.0 Å². The van der Waals surface area contributed by atoms with Crippen molar-refractivity contribution in [2.45, 2.75) is 76.4 Å². The van der Waals surface area contributed by atoms with Crippen LogP contribution in [0.4, 0.5) is 10.1 Å². The van der Waals surface area contributed by atoms with Gasteiger partial charge in [-0.1, -0.05) is 72.9 Å². The van der Waals surface area contributed by atoms with Gasteiger partial charge in [-0.15, -0.1) is 0 Å². The van der Waals surface area contributed by atoms with Crippen LogP contribution in [-0.2, 0) is 26.2 Å². The molecule has 0 saturated heterocycles. The third-order valence-corrected chi connectivity index (χ3v) is 9.42. The van der Waals surface area contributed by atoms with Crippen molar-refractivity contribution in [3.8, 4) is 0 Å². The highest BCUT2D eigenvalue weighted by Gasteiger charge is 2.33. The summed E-state index contributed by atoms with van der Waals surface area (Å²) in [7, 11) is -4.15. The molecule has 0 aromatic heterocycles. The molecule has 0 spiro atoms. The summed E-state index contributed by atoms with van der Waals surface area (Å²) in [5.41, 5.74) is 2.38. The summed E-state index contributed by atoms with van der Waals surface area (Å²) in [6.07, 6.45) is 4.93. The van der Waals surface area contributed by atoms with Crippen LogP contribution < -0.4 is 9.62 Å². The summed E-state index contributed by atoms with van der Waals surface area (Å²) in [5.74, 6) is -1.46. The lowest BCUT2D eigenvalue weighted by molar-refractivity contribution is -0.139. The SMILES string of the molecule is Cc1ccc(N(CC(=O)N(Cc2ccccc2F)[C@H](C)C(=O)NC2CCCCC2)S(=O)(=O)c2ccc(C)cc2)cc1. The number of carbonyl (C=O) groups excluding carboxylic acids is 2. The van der Waals surface area contributed by atoms with Gasteiger partial charge in [-0.3, -0.25) is 13.9 Å². The van der Waals surface area contributed by atoms with Crippen LogP contribution in [0.15, 0.2) is 77.7 Å². The van der Waals surface area contributed by atoms with E-state index in [0.717, 1.165) is 47.5 Å². The van der Waals surface area contributed by atoms with Crippen molar-refractivity contribution in [3.63, 3.8) is 0 Å². The molecule has 0 aliphatic heterocycles. The van der Waals surface area contributed by atoms with E-state index in [-0.39, 0.29) is 29.0 Å². The lowest BCUT2D eigenvalue weighted by atomic mass is 9.95. The quantitative estimate of drug-likeness (QED) is 0.344. The summed E-state index contributed by atoms with van der Waals surface area (Å²) >= 11 is 0. The number of rotatable bonds is 10. The number of carbonyl (C=O) groups is 2. The summed E-state index contributed by atoms with van der Waals surface area (Å²) in [5, 5.41) is 3.05. The monoisotopic (exact) mass is 579 g/mol. The minimum Gasteiger partial charge on any atom is -0.352 e. The van der Waals surface area contributed by atoms with Crippen molar-refractivity contribution < 1.29 is 22.4 Å². The fraction of sp³-hybridized carbons (Fsp3) is 0.375. The first-order chi connectivity index (χ1) is 19.6. The number of hydrogen-bond acceptors (Lipinski definition) is 4. The van der Waals surface area contributed by atoms with E-state index in [1.807, 2.05) is 13.8 Å². The number of benzene rings is 3. The molecule has 3 aromatic carbocycles. The second-order valence-electron chi connectivity index (χ2n) is 10.8. The fourth-order valence-corrected chi connectivity index (χ4v) is 6.45. The highest BCUT2D eigenvalue weighted by atomic mass is 32.2. The third kappa shape index (κ3) is 7.52. The standard InChI is InChI=1S/C32H38FN3O4S/c1-23-13-17-28(18-14-23)36(41(39,40)29-19-15-24(2)16-20-29)22-31(37)35(21-26-9-7-8-12-30(26)33)25(3)32(38)34-27-10-5-4-6-11-27/h7-9,12-20,25,27H,4-6,10-11,21-22H2,1-3H3,(H,34,38)/t25-/m1/s1. The Bertz CT molecular complexity index is 1450. The summed E-state index contributed by atoms with van der Waals surface area (Å²) in [6, 6.07) is 18.4. The van der Waals surface area contributed by atoms with Gasteiger partial charge in [0, 0.05) is 18.2 Å². The van der Waals surface area contributed by atoms with E-state index in [9.17, 15) is 22.4 Å². The van der Waals surface area contributed by atoms with Gasteiger partial charge in [0.15, 0.2) is 0 Å². The predicted molar refractivity (Wildman–Crippen MR) is 158 cm³/mol. The van der Waals surface area contributed by atoms with Gasteiger partial charge in [-0.25, -0.2) is 12.8 Å². The molecule has 0 radical (unpaired) electrons.